The lowest BCUT2D eigenvalue weighted by atomic mass is 9.92. The molecule has 17 heavy (non-hydrogen) atoms. The molecule has 1 aliphatic rings. The van der Waals surface area contributed by atoms with Crippen molar-refractivity contribution in [1.29, 1.82) is 0 Å². The normalized spacial score (nSPS) is 14.9. The first-order chi connectivity index (χ1) is 8.16. The summed E-state index contributed by atoms with van der Waals surface area (Å²) in [5.74, 6) is 0. The van der Waals surface area contributed by atoms with Gasteiger partial charge in [0.25, 0.3) is 0 Å². The van der Waals surface area contributed by atoms with E-state index in [0.29, 0.717) is 0 Å². The minimum absolute atomic E-state index is 0.939. The minimum Gasteiger partial charge on any atom is -0.398 e. The third-order valence-corrected chi connectivity index (χ3v) is 4.11. The molecule has 0 fully saturated rings. The van der Waals surface area contributed by atoms with Crippen LogP contribution in [-0.2, 0) is 12.8 Å². The third kappa shape index (κ3) is 1.73. The molecule has 0 unspecified atom stereocenters. The molecule has 3 rings (SSSR count). The van der Waals surface area contributed by atoms with E-state index >= 15 is 0 Å². The van der Waals surface area contributed by atoms with Crippen molar-refractivity contribution in [2.24, 2.45) is 0 Å². The maximum absolute atomic E-state index is 6.32. The number of nitrogens with zero attached hydrogens (tertiary/aromatic N) is 1. The van der Waals surface area contributed by atoms with Gasteiger partial charge < -0.3 is 5.73 Å². The summed E-state index contributed by atoms with van der Waals surface area (Å²) in [6, 6.07) is 4.24. The monoisotopic (exact) mass is 290 g/mol. The quantitative estimate of drug-likeness (QED) is 0.802. The van der Waals surface area contributed by atoms with Crippen molar-refractivity contribution in [1.82, 2.24) is 4.98 Å². The Labute approximate surface area is 109 Å². The zero-order chi connectivity index (χ0) is 12.0. The van der Waals surface area contributed by atoms with Gasteiger partial charge in [0.15, 0.2) is 0 Å². The van der Waals surface area contributed by atoms with E-state index in [1.54, 1.807) is 0 Å². The highest BCUT2D eigenvalue weighted by molar-refractivity contribution is 9.10. The van der Waals surface area contributed by atoms with Gasteiger partial charge in [-0.1, -0.05) is 0 Å². The van der Waals surface area contributed by atoms with Gasteiger partial charge in [0.2, 0.25) is 0 Å². The predicted molar refractivity (Wildman–Crippen MR) is 75.2 cm³/mol. The second-order valence-corrected chi connectivity index (χ2v) is 5.66. The first kappa shape index (κ1) is 11.0. The summed E-state index contributed by atoms with van der Waals surface area (Å²) in [5.41, 5.74) is 12.0. The van der Waals surface area contributed by atoms with Gasteiger partial charge in [-0.2, -0.15) is 0 Å². The van der Waals surface area contributed by atoms with Crippen LogP contribution in [0.25, 0.3) is 10.9 Å². The average molecular weight is 291 g/mol. The van der Waals surface area contributed by atoms with E-state index in [1.807, 2.05) is 0 Å². The Hall–Kier alpha value is -1.09. The van der Waals surface area contributed by atoms with Gasteiger partial charge >= 0.3 is 0 Å². The highest BCUT2D eigenvalue weighted by Gasteiger charge is 2.17. The highest BCUT2D eigenvalue weighted by atomic mass is 79.9. The predicted octanol–water partition coefficient (Wildman–Crippen LogP) is 3.77. The van der Waals surface area contributed by atoms with Gasteiger partial charge in [0.1, 0.15) is 0 Å². The molecule has 1 aromatic carbocycles. The van der Waals surface area contributed by atoms with Crippen molar-refractivity contribution in [2.45, 2.75) is 32.6 Å². The van der Waals surface area contributed by atoms with Crippen LogP contribution in [0.3, 0.4) is 0 Å². The fraction of sp³-hybridized carbons (Fsp3) is 0.357. The molecule has 0 bridgehead atoms. The van der Waals surface area contributed by atoms with Crippen molar-refractivity contribution in [3.63, 3.8) is 0 Å². The maximum Gasteiger partial charge on any atom is 0.0868 e. The van der Waals surface area contributed by atoms with Gasteiger partial charge in [0, 0.05) is 21.2 Å². The van der Waals surface area contributed by atoms with E-state index in [2.05, 4.69) is 35.0 Å². The molecule has 2 nitrogen and oxygen atoms in total. The van der Waals surface area contributed by atoms with Crippen molar-refractivity contribution in [2.75, 3.05) is 5.73 Å². The zero-order valence-corrected chi connectivity index (χ0v) is 11.5. The average Bonchev–Trinajstić information content (AvgIpc) is 2.31. The van der Waals surface area contributed by atoms with Crippen LogP contribution in [-0.4, -0.2) is 4.98 Å². The van der Waals surface area contributed by atoms with Crippen LogP contribution < -0.4 is 5.73 Å². The Morgan fingerprint density at radius 1 is 1.24 bits per heavy atom. The standard InChI is InChI=1S/C14H15BrN2/c1-8-6-10-13(16)9-4-2-3-5-12(9)17-14(10)11(15)7-8/h6-7H,2-5H2,1H3,(H2,16,17). The van der Waals surface area contributed by atoms with Crippen molar-refractivity contribution >= 4 is 32.5 Å². The van der Waals surface area contributed by atoms with Crippen molar-refractivity contribution in [3.05, 3.63) is 33.4 Å². The number of anilines is 1. The molecular weight excluding hydrogens is 276 g/mol. The topological polar surface area (TPSA) is 38.9 Å². The Kier molecular flexibility index (Phi) is 2.58. The molecule has 2 aromatic rings. The molecule has 2 N–H and O–H groups in total. The maximum atomic E-state index is 6.32. The van der Waals surface area contributed by atoms with Crippen LogP contribution in [0.15, 0.2) is 16.6 Å². The van der Waals surface area contributed by atoms with E-state index < -0.39 is 0 Å². The summed E-state index contributed by atoms with van der Waals surface area (Å²) in [4.78, 5) is 4.79. The van der Waals surface area contributed by atoms with E-state index in [-0.39, 0.29) is 0 Å². The molecule has 1 aromatic heterocycles. The smallest absolute Gasteiger partial charge is 0.0868 e. The molecule has 0 atom stereocenters. The first-order valence-electron chi connectivity index (χ1n) is 6.04. The molecule has 0 saturated carbocycles. The summed E-state index contributed by atoms with van der Waals surface area (Å²) in [6.07, 6.45) is 4.61. The van der Waals surface area contributed by atoms with Crippen LogP contribution in [0.5, 0.6) is 0 Å². The number of pyridine rings is 1. The second kappa shape index (κ2) is 3.98. The fourth-order valence-electron chi connectivity index (χ4n) is 2.65. The Morgan fingerprint density at radius 2 is 2.00 bits per heavy atom. The summed E-state index contributed by atoms with van der Waals surface area (Å²) in [6.45, 7) is 2.09. The number of rotatable bonds is 0. The number of halogens is 1. The van der Waals surface area contributed by atoms with E-state index in [9.17, 15) is 0 Å². The number of fused-ring (bicyclic) bond motifs is 2. The van der Waals surface area contributed by atoms with Gasteiger partial charge in [-0.25, -0.2) is 0 Å². The third-order valence-electron chi connectivity index (χ3n) is 3.51. The number of nitrogens with two attached hydrogens (primary N) is 1. The van der Waals surface area contributed by atoms with Crippen LogP contribution in [0.2, 0.25) is 0 Å². The van der Waals surface area contributed by atoms with E-state index in [1.165, 1.54) is 29.7 Å². The van der Waals surface area contributed by atoms with Gasteiger partial charge in [-0.3, -0.25) is 4.98 Å². The number of aryl methyl sites for hydroxylation is 2. The molecule has 0 amide bonds. The Balaban J connectivity index is 2.40. The summed E-state index contributed by atoms with van der Waals surface area (Å²) in [5, 5.41) is 1.09. The number of benzene rings is 1. The Morgan fingerprint density at radius 3 is 2.82 bits per heavy atom. The van der Waals surface area contributed by atoms with Crippen LogP contribution in [0.4, 0.5) is 5.69 Å². The Bertz CT molecular complexity index is 605. The molecule has 0 aliphatic heterocycles. The summed E-state index contributed by atoms with van der Waals surface area (Å²) in [7, 11) is 0. The first-order valence-corrected chi connectivity index (χ1v) is 6.83. The summed E-state index contributed by atoms with van der Waals surface area (Å²) < 4.78 is 1.05. The molecule has 3 heteroatoms. The SMILES string of the molecule is Cc1cc(Br)c2nc3c(c(N)c2c1)CCCC3. The van der Waals surface area contributed by atoms with Crippen LogP contribution >= 0.6 is 15.9 Å². The van der Waals surface area contributed by atoms with Crippen molar-refractivity contribution in [3.8, 4) is 0 Å². The summed E-state index contributed by atoms with van der Waals surface area (Å²) >= 11 is 3.59. The fourth-order valence-corrected chi connectivity index (χ4v) is 3.32. The number of hydrogen-bond donors (Lipinski definition) is 1. The van der Waals surface area contributed by atoms with E-state index in [4.69, 9.17) is 10.7 Å². The largest absolute Gasteiger partial charge is 0.398 e. The van der Waals surface area contributed by atoms with Gasteiger partial charge in [-0.05, 0) is 71.8 Å². The lowest BCUT2D eigenvalue weighted by Crippen LogP contribution is -2.09. The molecular formula is C14H15BrN2. The number of nitrogen functional groups attached to an aromatic ring is 1. The number of hydrogen-bond acceptors (Lipinski definition) is 2. The molecule has 0 radical (unpaired) electrons. The van der Waals surface area contributed by atoms with Crippen LogP contribution in [0.1, 0.15) is 29.7 Å². The number of aromatic nitrogens is 1. The van der Waals surface area contributed by atoms with Crippen molar-refractivity contribution < 1.29 is 0 Å². The lowest BCUT2D eigenvalue weighted by Gasteiger charge is -2.19. The molecule has 0 spiro atoms. The molecule has 88 valence electrons. The second-order valence-electron chi connectivity index (χ2n) is 4.80. The van der Waals surface area contributed by atoms with Gasteiger partial charge in [-0.15, -0.1) is 0 Å². The highest BCUT2D eigenvalue weighted by Crippen LogP contribution is 2.34. The minimum atomic E-state index is 0.939. The van der Waals surface area contributed by atoms with E-state index in [0.717, 1.165) is 33.9 Å². The van der Waals surface area contributed by atoms with Gasteiger partial charge in [0.05, 0.1) is 5.52 Å². The molecule has 0 saturated heterocycles. The zero-order valence-electron chi connectivity index (χ0n) is 9.89. The molecule has 1 heterocycles. The van der Waals surface area contributed by atoms with Crippen LogP contribution in [0, 0.1) is 6.92 Å². The molecule has 1 aliphatic carbocycles. The lowest BCUT2D eigenvalue weighted by molar-refractivity contribution is 0.673.